The van der Waals surface area contributed by atoms with Crippen molar-refractivity contribution in [2.45, 2.75) is 32.6 Å². The smallest absolute Gasteiger partial charge is 0.243 e. The maximum Gasteiger partial charge on any atom is 0.243 e. The molecule has 1 N–H and O–H groups in total. The number of thioether (sulfide) groups is 1. The van der Waals surface area contributed by atoms with Gasteiger partial charge in [-0.25, -0.2) is 0 Å². The number of hydrogen-bond donors (Lipinski definition) is 1. The third-order valence-corrected chi connectivity index (χ3v) is 6.24. The summed E-state index contributed by atoms with van der Waals surface area (Å²) in [7, 11) is 0. The summed E-state index contributed by atoms with van der Waals surface area (Å²) in [6, 6.07) is 11.6. The summed E-state index contributed by atoms with van der Waals surface area (Å²) in [5.74, 6) is -1.12. The Bertz CT molecular complexity index is 853. The van der Waals surface area contributed by atoms with E-state index in [4.69, 9.17) is 0 Å². The van der Waals surface area contributed by atoms with Crippen molar-refractivity contribution in [1.29, 1.82) is 10.5 Å². The van der Waals surface area contributed by atoms with Gasteiger partial charge in [0.15, 0.2) is 5.78 Å². The molecule has 0 aromatic heterocycles. The van der Waals surface area contributed by atoms with Crippen molar-refractivity contribution >= 4 is 23.5 Å². The molecule has 132 valence electrons. The monoisotopic (exact) mass is 365 g/mol. The van der Waals surface area contributed by atoms with Crippen LogP contribution in [-0.4, -0.2) is 17.4 Å². The Kier molecular flexibility index (Phi) is 5.15. The average Bonchev–Trinajstić information content (AvgIpc) is 3.10. The number of benzene rings is 1. The van der Waals surface area contributed by atoms with Gasteiger partial charge in [0.05, 0.1) is 28.5 Å². The van der Waals surface area contributed by atoms with Gasteiger partial charge in [-0.1, -0.05) is 54.4 Å². The Morgan fingerprint density at radius 1 is 1.27 bits per heavy atom. The lowest BCUT2D eigenvalue weighted by Gasteiger charge is -2.37. The quantitative estimate of drug-likeness (QED) is 0.825. The predicted molar refractivity (Wildman–Crippen MR) is 98.8 cm³/mol. The van der Waals surface area contributed by atoms with E-state index in [1.165, 1.54) is 11.8 Å². The van der Waals surface area contributed by atoms with Gasteiger partial charge in [-0.15, -0.1) is 0 Å². The fourth-order valence-electron chi connectivity index (χ4n) is 3.83. The average molecular weight is 365 g/mol. The minimum absolute atomic E-state index is 0.0584. The predicted octanol–water partition coefficient (Wildman–Crippen LogP) is 3.48. The number of rotatable bonds is 4. The molecule has 5 nitrogen and oxygen atoms in total. The minimum Gasteiger partial charge on any atom is -0.319 e. The second-order valence-electron chi connectivity index (χ2n) is 6.81. The van der Waals surface area contributed by atoms with Gasteiger partial charge in [-0.2, -0.15) is 10.5 Å². The van der Waals surface area contributed by atoms with E-state index in [1.807, 2.05) is 19.1 Å². The molecule has 1 fully saturated rings. The highest BCUT2D eigenvalue weighted by Gasteiger charge is 2.52. The van der Waals surface area contributed by atoms with E-state index in [-0.39, 0.29) is 17.4 Å². The number of allylic oxidation sites excluding steroid dienone is 1. The molecule has 1 atom stereocenters. The standard InChI is InChI=1S/C20H19N3O2S/c1-13-4-6-14(7-5-13)17(24)12-26-19-16(11-22)20(8-2-3-9-20)15(10-21)18(25)23-19/h4-7,15H,2-3,8-9,12H2,1H3,(H,23,25)/t15-/m1/s1. The van der Waals surface area contributed by atoms with Crippen molar-refractivity contribution in [2.75, 3.05) is 5.75 Å². The van der Waals surface area contributed by atoms with Crippen LogP contribution >= 0.6 is 11.8 Å². The lowest BCUT2D eigenvalue weighted by molar-refractivity contribution is -0.126. The number of nitrogens with one attached hydrogen (secondary N) is 1. The largest absolute Gasteiger partial charge is 0.319 e. The summed E-state index contributed by atoms with van der Waals surface area (Å²) < 4.78 is 0. The molecule has 6 heteroatoms. The molecule has 1 saturated carbocycles. The number of carbonyl (C=O) groups excluding carboxylic acids is 2. The number of nitrogens with zero attached hydrogens (tertiary/aromatic N) is 2. The maximum atomic E-state index is 12.4. The molecule has 0 unspecified atom stereocenters. The van der Waals surface area contributed by atoms with Crippen LogP contribution in [0.5, 0.6) is 0 Å². The molecule has 1 aromatic carbocycles. The summed E-state index contributed by atoms with van der Waals surface area (Å²) >= 11 is 1.18. The van der Waals surface area contributed by atoms with Crippen molar-refractivity contribution < 1.29 is 9.59 Å². The molecule has 2 aliphatic rings. The third-order valence-electron chi connectivity index (χ3n) is 5.23. The normalized spacial score (nSPS) is 21.2. The Hall–Kier alpha value is -2.57. The van der Waals surface area contributed by atoms with Crippen LogP contribution in [0, 0.1) is 40.9 Å². The Labute approximate surface area is 157 Å². The summed E-state index contributed by atoms with van der Waals surface area (Å²) in [6.45, 7) is 1.96. The minimum atomic E-state index is -0.836. The molecule has 0 saturated heterocycles. The van der Waals surface area contributed by atoms with E-state index in [0.29, 0.717) is 29.0 Å². The van der Waals surface area contributed by atoms with Crippen molar-refractivity contribution in [3.8, 4) is 12.1 Å². The van der Waals surface area contributed by atoms with Crippen molar-refractivity contribution in [3.63, 3.8) is 0 Å². The number of hydrogen-bond acceptors (Lipinski definition) is 5. The lowest BCUT2D eigenvalue weighted by atomic mass is 9.67. The van der Waals surface area contributed by atoms with E-state index in [1.54, 1.807) is 12.1 Å². The Balaban J connectivity index is 1.86. The van der Waals surface area contributed by atoms with Crippen molar-refractivity contribution in [1.82, 2.24) is 5.32 Å². The molecular formula is C20H19N3O2S. The van der Waals surface area contributed by atoms with E-state index in [9.17, 15) is 20.1 Å². The van der Waals surface area contributed by atoms with E-state index in [2.05, 4.69) is 17.5 Å². The molecule has 26 heavy (non-hydrogen) atoms. The lowest BCUT2D eigenvalue weighted by Crippen LogP contribution is -2.46. The first-order valence-electron chi connectivity index (χ1n) is 8.60. The molecule has 0 radical (unpaired) electrons. The number of ketones is 1. The van der Waals surface area contributed by atoms with Crippen LogP contribution in [0.4, 0.5) is 0 Å². The van der Waals surface area contributed by atoms with Crippen LogP contribution < -0.4 is 5.32 Å². The molecule has 3 rings (SSSR count). The highest BCUT2D eigenvalue weighted by molar-refractivity contribution is 8.03. The highest BCUT2D eigenvalue weighted by atomic mass is 32.2. The molecule has 1 aliphatic heterocycles. The van der Waals surface area contributed by atoms with Crippen LogP contribution in [0.25, 0.3) is 0 Å². The second kappa shape index (κ2) is 7.35. The molecule has 1 spiro atoms. The fourth-order valence-corrected chi connectivity index (χ4v) is 4.83. The first kappa shape index (κ1) is 18.2. The second-order valence-corrected chi connectivity index (χ2v) is 7.79. The summed E-state index contributed by atoms with van der Waals surface area (Å²) in [4.78, 5) is 24.9. The highest BCUT2D eigenvalue weighted by Crippen LogP contribution is 2.53. The van der Waals surface area contributed by atoms with Crippen LogP contribution in [0.2, 0.25) is 0 Å². The zero-order chi connectivity index (χ0) is 18.7. The van der Waals surface area contributed by atoms with Gasteiger partial charge >= 0.3 is 0 Å². The van der Waals surface area contributed by atoms with Crippen molar-refractivity contribution in [2.24, 2.45) is 11.3 Å². The summed E-state index contributed by atoms with van der Waals surface area (Å²) in [5, 5.41) is 22.3. The van der Waals surface area contributed by atoms with Gasteiger partial charge in [-0.05, 0) is 19.8 Å². The van der Waals surface area contributed by atoms with E-state index < -0.39 is 11.3 Å². The van der Waals surface area contributed by atoms with Crippen LogP contribution in [0.3, 0.4) is 0 Å². The van der Waals surface area contributed by atoms with Gasteiger partial charge in [0.25, 0.3) is 0 Å². The van der Waals surface area contributed by atoms with E-state index in [0.717, 1.165) is 18.4 Å². The molecule has 1 heterocycles. The van der Waals surface area contributed by atoms with Gasteiger partial charge in [0.1, 0.15) is 5.92 Å². The molecular weight excluding hydrogens is 346 g/mol. The van der Waals surface area contributed by atoms with E-state index >= 15 is 0 Å². The molecule has 0 bridgehead atoms. The zero-order valence-electron chi connectivity index (χ0n) is 14.5. The topological polar surface area (TPSA) is 93.8 Å². The fraction of sp³-hybridized carbons (Fsp3) is 0.400. The zero-order valence-corrected chi connectivity index (χ0v) is 15.4. The van der Waals surface area contributed by atoms with Gasteiger partial charge in [0.2, 0.25) is 5.91 Å². The number of amides is 1. The summed E-state index contributed by atoms with van der Waals surface area (Å²) in [6.07, 6.45) is 3.13. The molecule has 1 aliphatic carbocycles. The number of Topliss-reactive ketones (excluding diaryl/α,β-unsaturated/α-hetero) is 1. The number of aryl methyl sites for hydroxylation is 1. The van der Waals surface area contributed by atoms with Crippen LogP contribution in [0.1, 0.15) is 41.6 Å². The SMILES string of the molecule is Cc1ccc(C(=O)CSC2=C(C#N)C3(CCCC3)[C@H](C#N)C(=O)N2)cc1. The molecule has 1 aromatic rings. The Morgan fingerprint density at radius 2 is 1.92 bits per heavy atom. The third kappa shape index (κ3) is 3.13. The number of carbonyl (C=O) groups is 2. The first-order chi connectivity index (χ1) is 12.5. The summed E-state index contributed by atoms with van der Waals surface area (Å²) in [5.41, 5.74) is 1.45. The maximum absolute atomic E-state index is 12.4. The van der Waals surface area contributed by atoms with Crippen LogP contribution in [-0.2, 0) is 4.79 Å². The van der Waals surface area contributed by atoms with Gasteiger partial charge < -0.3 is 5.32 Å². The van der Waals surface area contributed by atoms with Crippen molar-refractivity contribution in [3.05, 3.63) is 46.0 Å². The Morgan fingerprint density at radius 3 is 2.50 bits per heavy atom. The molecule has 1 amide bonds. The first-order valence-corrected chi connectivity index (χ1v) is 9.58. The van der Waals surface area contributed by atoms with Gasteiger partial charge in [0, 0.05) is 11.0 Å². The van der Waals surface area contributed by atoms with Gasteiger partial charge in [-0.3, -0.25) is 9.59 Å². The van der Waals surface area contributed by atoms with Crippen LogP contribution in [0.15, 0.2) is 34.9 Å². The number of nitriles is 2.